The van der Waals surface area contributed by atoms with Crippen molar-refractivity contribution < 1.29 is 18.7 Å². The van der Waals surface area contributed by atoms with Crippen LogP contribution in [0.3, 0.4) is 0 Å². The van der Waals surface area contributed by atoms with Crippen LogP contribution in [0.4, 0.5) is 4.39 Å². The number of esters is 1. The second-order valence-corrected chi connectivity index (χ2v) is 5.66. The minimum absolute atomic E-state index is 0.0226. The van der Waals surface area contributed by atoms with Crippen LogP contribution in [0.1, 0.15) is 51.4 Å². The Bertz CT molecular complexity index is 512. The number of hydrogen-bond acceptors (Lipinski definition) is 3. The van der Waals surface area contributed by atoms with Crippen LogP contribution in [0.2, 0.25) is 0 Å². The van der Waals surface area contributed by atoms with E-state index in [0.29, 0.717) is 12.8 Å². The Morgan fingerprint density at radius 2 is 1.86 bits per heavy atom. The Kier molecular flexibility index (Phi) is 6.37. The lowest BCUT2D eigenvalue weighted by atomic mass is 9.95. The van der Waals surface area contributed by atoms with E-state index < -0.39 is 11.8 Å². The van der Waals surface area contributed by atoms with Crippen LogP contribution in [0.15, 0.2) is 24.3 Å². The molecule has 1 amide bonds. The van der Waals surface area contributed by atoms with E-state index in [1.807, 2.05) is 0 Å². The van der Waals surface area contributed by atoms with Crippen LogP contribution >= 0.6 is 0 Å². The van der Waals surface area contributed by atoms with E-state index in [-0.39, 0.29) is 24.1 Å². The molecule has 0 spiro atoms. The summed E-state index contributed by atoms with van der Waals surface area (Å²) in [5.41, 5.74) is 0. The van der Waals surface area contributed by atoms with Crippen LogP contribution in [0.25, 0.3) is 0 Å². The summed E-state index contributed by atoms with van der Waals surface area (Å²) in [6, 6.07) is 6.06. The van der Waals surface area contributed by atoms with Crippen molar-refractivity contribution >= 4 is 11.9 Å². The van der Waals surface area contributed by atoms with Crippen molar-refractivity contribution in [3.63, 3.8) is 0 Å². The van der Waals surface area contributed by atoms with Crippen molar-refractivity contribution in [2.24, 2.45) is 0 Å². The van der Waals surface area contributed by atoms with Gasteiger partial charge in [-0.25, -0.2) is 4.39 Å². The zero-order chi connectivity index (χ0) is 15.8. The molecule has 0 heterocycles. The lowest BCUT2D eigenvalue weighted by Gasteiger charge is -2.22. The Morgan fingerprint density at radius 3 is 2.59 bits per heavy atom. The van der Waals surface area contributed by atoms with Crippen molar-refractivity contribution in [2.75, 3.05) is 0 Å². The van der Waals surface area contributed by atoms with Gasteiger partial charge in [0.05, 0.1) is 0 Å². The maximum absolute atomic E-state index is 13.3. The summed E-state index contributed by atoms with van der Waals surface area (Å²) in [5.74, 6) is -1.17. The van der Waals surface area contributed by atoms with Crippen LogP contribution in [0.5, 0.6) is 5.75 Å². The molecule has 120 valence electrons. The number of benzene rings is 1. The van der Waals surface area contributed by atoms with Crippen molar-refractivity contribution in [1.29, 1.82) is 0 Å². The maximum Gasteiger partial charge on any atom is 0.311 e. The van der Waals surface area contributed by atoms with Gasteiger partial charge in [-0.3, -0.25) is 9.59 Å². The number of para-hydroxylation sites is 1. The van der Waals surface area contributed by atoms with Gasteiger partial charge in [-0.1, -0.05) is 31.4 Å². The minimum atomic E-state index is -0.564. The highest BCUT2D eigenvalue weighted by Crippen LogP contribution is 2.18. The number of amides is 1. The second kappa shape index (κ2) is 8.51. The van der Waals surface area contributed by atoms with Gasteiger partial charge in [0.15, 0.2) is 11.6 Å². The summed E-state index contributed by atoms with van der Waals surface area (Å²) in [6.45, 7) is 0. The van der Waals surface area contributed by atoms with Gasteiger partial charge in [0, 0.05) is 18.9 Å². The van der Waals surface area contributed by atoms with Crippen molar-refractivity contribution in [3.8, 4) is 5.75 Å². The molecule has 1 aliphatic carbocycles. The molecule has 0 saturated heterocycles. The number of halogens is 1. The van der Waals surface area contributed by atoms with E-state index in [1.54, 1.807) is 6.07 Å². The van der Waals surface area contributed by atoms with E-state index in [1.165, 1.54) is 37.5 Å². The van der Waals surface area contributed by atoms with E-state index in [4.69, 9.17) is 4.74 Å². The quantitative estimate of drug-likeness (QED) is 0.647. The standard InChI is InChI=1S/C17H22FNO3/c18-14-9-4-5-10-15(14)22-17(21)12-6-11-16(20)19-13-7-2-1-3-8-13/h4-5,9-10,13H,1-3,6-8,11-12H2,(H,19,20). The molecule has 0 radical (unpaired) electrons. The molecule has 0 aliphatic heterocycles. The van der Waals surface area contributed by atoms with Crippen molar-refractivity contribution in [1.82, 2.24) is 5.32 Å². The predicted octanol–water partition coefficient (Wildman–Crippen LogP) is 3.35. The molecule has 1 aliphatic rings. The number of carbonyl (C=O) groups is 2. The van der Waals surface area contributed by atoms with Gasteiger partial charge < -0.3 is 10.1 Å². The normalized spacial score (nSPS) is 15.3. The number of nitrogens with one attached hydrogen (secondary N) is 1. The minimum Gasteiger partial charge on any atom is -0.423 e. The third kappa shape index (κ3) is 5.47. The fraction of sp³-hybridized carbons (Fsp3) is 0.529. The average molecular weight is 307 g/mol. The SMILES string of the molecule is O=C(CCCC(=O)Oc1ccccc1F)NC1CCCCC1. The van der Waals surface area contributed by atoms with Gasteiger partial charge in [-0.05, 0) is 31.4 Å². The summed E-state index contributed by atoms with van der Waals surface area (Å²) in [7, 11) is 0. The van der Waals surface area contributed by atoms with E-state index in [2.05, 4.69) is 5.32 Å². The van der Waals surface area contributed by atoms with Gasteiger partial charge in [-0.2, -0.15) is 0 Å². The van der Waals surface area contributed by atoms with Crippen LogP contribution in [-0.2, 0) is 9.59 Å². The van der Waals surface area contributed by atoms with Gasteiger partial charge in [0.1, 0.15) is 0 Å². The maximum atomic E-state index is 13.3. The molecule has 2 rings (SSSR count). The van der Waals surface area contributed by atoms with Gasteiger partial charge in [-0.15, -0.1) is 0 Å². The smallest absolute Gasteiger partial charge is 0.311 e. The molecule has 22 heavy (non-hydrogen) atoms. The molecule has 1 saturated carbocycles. The third-order valence-corrected chi connectivity index (χ3v) is 3.82. The van der Waals surface area contributed by atoms with Crippen molar-refractivity contribution in [2.45, 2.75) is 57.4 Å². The first-order valence-electron chi connectivity index (χ1n) is 7.90. The monoisotopic (exact) mass is 307 g/mol. The van der Waals surface area contributed by atoms with Gasteiger partial charge in [0.25, 0.3) is 0 Å². The summed E-state index contributed by atoms with van der Waals surface area (Å²) in [4.78, 5) is 23.4. The highest BCUT2D eigenvalue weighted by Gasteiger charge is 2.16. The van der Waals surface area contributed by atoms with Crippen molar-refractivity contribution in [3.05, 3.63) is 30.1 Å². The molecule has 0 bridgehead atoms. The molecule has 0 atom stereocenters. The Labute approximate surface area is 130 Å². The zero-order valence-electron chi connectivity index (χ0n) is 12.6. The molecule has 1 N–H and O–H groups in total. The van der Waals surface area contributed by atoms with E-state index in [9.17, 15) is 14.0 Å². The molecule has 0 aromatic heterocycles. The second-order valence-electron chi connectivity index (χ2n) is 5.66. The fourth-order valence-corrected chi connectivity index (χ4v) is 2.64. The van der Waals surface area contributed by atoms with Gasteiger partial charge in [0.2, 0.25) is 5.91 Å². The molecule has 5 heteroatoms. The molecule has 1 fully saturated rings. The molecule has 4 nitrogen and oxygen atoms in total. The number of rotatable bonds is 6. The molecule has 1 aromatic carbocycles. The Hall–Kier alpha value is -1.91. The lowest BCUT2D eigenvalue weighted by Crippen LogP contribution is -2.36. The molecular weight excluding hydrogens is 285 g/mol. The summed E-state index contributed by atoms with van der Waals surface area (Å²) in [6.07, 6.45) is 6.47. The Morgan fingerprint density at radius 1 is 1.14 bits per heavy atom. The number of hydrogen-bond donors (Lipinski definition) is 1. The fourth-order valence-electron chi connectivity index (χ4n) is 2.64. The van der Waals surface area contributed by atoms with Crippen LogP contribution in [0, 0.1) is 5.82 Å². The van der Waals surface area contributed by atoms with Crippen LogP contribution < -0.4 is 10.1 Å². The van der Waals surface area contributed by atoms with Gasteiger partial charge >= 0.3 is 5.97 Å². The Balaban J connectivity index is 1.64. The molecular formula is C17H22FNO3. The summed E-state index contributed by atoms with van der Waals surface area (Å²) < 4.78 is 18.3. The zero-order valence-corrected chi connectivity index (χ0v) is 12.6. The van der Waals surface area contributed by atoms with Crippen LogP contribution in [-0.4, -0.2) is 17.9 Å². The molecule has 0 unspecified atom stereocenters. The molecule has 1 aromatic rings. The number of ether oxygens (including phenoxy) is 1. The first-order valence-corrected chi connectivity index (χ1v) is 7.90. The number of carbonyl (C=O) groups excluding carboxylic acids is 2. The first-order chi connectivity index (χ1) is 10.6. The average Bonchev–Trinajstić information content (AvgIpc) is 2.50. The highest BCUT2D eigenvalue weighted by atomic mass is 19.1. The topological polar surface area (TPSA) is 55.4 Å². The van der Waals surface area contributed by atoms with E-state index in [0.717, 1.165) is 12.8 Å². The third-order valence-electron chi connectivity index (χ3n) is 3.82. The first kappa shape index (κ1) is 16.5. The summed E-state index contributed by atoms with van der Waals surface area (Å²) in [5, 5.41) is 3.00. The highest BCUT2D eigenvalue weighted by molar-refractivity contribution is 5.77. The van der Waals surface area contributed by atoms with E-state index >= 15 is 0 Å². The largest absolute Gasteiger partial charge is 0.423 e. The lowest BCUT2D eigenvalue weighted by molar-refractivity contribution is -0.134. The summed E-state index contributed by atoms with van der Waals surface area (Å²) >= 11 is 0. The predicted molar refractivity (Wildman–Crippen MR) is 80.9 cm³/mol.